The largest absolute Gasteiger partial charge is 0.306 e. The molecule has 0 aromatic rings. The molecule has 0 saturated carbocycles. The van der Waals surface area contributed by atoms with Crippen LogP contribution in [-0.2, 0) is 9.84 Å². The lowest BCUT2D eigenvalue weighted by molar-refractivity contribution is 0.504. The van der Waals surface area contributed by atoms with Crippen LogP contribution in [0.1, 0.15) is 19.3 Å². The normalized spacial score (nSPS) is 29.1. The van der Waals surface area contributed by atoms with Crippen molar-refractivity contribution >= 4 is 9.84 Å². The van der Waals surface area contributed by atoms with E-state index in [2.05, 4.69) is 11.2 Å². The van der Waals surface area contributed by atoms with Gasteiger partial charge < -0.3 is 5.32 Å². The Morgan fingerprint density at radius 1 is 1.54 bits per heavy atom. The summed E-state index contributed by atoms with van der Waals surface area (Å²) in [5, 5.41) is 2.48. The fourth-order valence-electron chi connectivity index (χ4n) is 1.73. The molecule has 1 aliphatic rings. The lowest BCUT2D eigenvalue weighted by Gasteiger charge is -2.26. The Kier molecular flexibility index (Phi) is 3.34. The van der Waals surface area contributed by atoms with Crippen molar-refractivity contribution in [1.82, 2.24) is 5.32 Å². The molecule has 0 aromatic carbocycles. The van der Waals surface area contributed by atoms with Crippen LogP contribution in [0.15, 0.2) is 0 Å². The van der Waals surface area contributed by atoms with Crippen molar-refractivity contribution in [2.45, 2.75) is 30.6 Å². The lowest BCUT2D eigenvalue weighted by atomic mass is 10.1. The molecule has 0 radical (unpaired) electrons. The van der Waals surface area contributed by atoms with E-state index in [-0.39, 0.29) is 17.0 Å². The van der Waals surface area contributed by atoms with Crippen molar-refractivity contribution < 1.29 is 8.42 Å². The molecule has 1 heterocycles. The number of hydrogen-bond acceptors (Lipinski definition) is 3. The van der Waals surface area contributed by atoms with Gasteiger partial charge in [-0.3, -0.25) is 0 Å². The minimum atomic E-state index is -2.95. The lowest BCUT2D eigenvalue weighted by Crippen LogP contribution is -2.44. The van der Waals surface area contributed by atoms with Crippen LogP contribution >= 0.6 is 0 Å². The van der Waals surface area contributed by atoms with Crippen LogP contribution in [0.2, 0.25) is 0 Å². The highest BCUT2D eigenvalue weighted by Crippen LogP contribution is 2.21. The van der Waals surface area contributed by atoms with E-state index in [1.165, 1.54) is 0 Å². The predicted molar refractivity (Wildman–Crippen MR) is 53.1 cm³/mol. The predicted octanol–water partition coefficient (Wildman–Crippen LogP) is 0.175. The van der Waals surface area contributed by atoms with Gasteiger partial charge in [-0.2, -0.15) is 0 Å². The molecular weight excluding hydrogens is 186 g/mol. The van der Waals surface area contributed by atoms with Crippen LogP contribution in [0.5, 0.6) is 0 Å². The zero-order valence-electron chi connectivity index (χ0n) is 7.79. The van der Waals surface area contributed by atoms with Gasteiger partial charge in [0.05, 0.1) is 17.0 Å². The zero-order valence-corrected chi connectivity index (χ0v) is 8.60. The van der Waals surface area contributed by atoms with Crippen LogP contribution in [0.4, 0.5) is 0 Å². The molecule has 1 rings (SSSR count). The summed E-state index contributed by atoms with van der Waals surface area (Å²) in [5.74, 6) is 2.78. The molecule has 3 nitrogen and oxygen atoms in total. The second kappa shape index (κ2) is 4.12. The Morgan fingerprint density at radius 2 is 2.23 bits per heavy atom. The third-order valence-corrected chi connectivity index (χ3v) is 4.78. The smallest absolute Gasteiger partial charge is 0.155 e. The van der Waals surface area contributed by atoms with Crippen molar-refractivity contribution in [2.75, 3.05) is 12.8 Å². The van der Waals surface area contributed by atoms with Crippen molar-refractivity contribution in [3.63, 3.8) is 0 Å². The molecule has 13 heavy (non-hydrogen) atoms. The Morgan fingerprint density at radius 3 is 2.69 bits per heavy atom. The molecule has 1 saturated heterocycles. The van der Waals surface area contributed by atoms with E-state index in [4.69, 9.17) is 6.42 Å². The van der Waals surface area contributed by atoms with Gasteiger partial charge in [-0.1, -0.05) is 12.3 Å². The molecule has 1 N–H and O–H groups in total. The van der Waals surface area contributed by atoms with Gasteiger partial charge in [0, 0.05) is 0 Å². The fourth-order valence-corrected chi connectivity index (χ4v) is 3.79. The van der Waals surface area contributed by atoms with Crippen LogP contribution in [-0.4, -0.2) is 32.5 Å². The summed E-state index contributed by atoms with van der Waals surface area (Å²) in [5.41, 5.74) is 0. The first kappa shape index (κ1) is 10.6. The molecular formula is C9H15NO2S. The van der Waals surface area contributed by atoms with Gasteiger partial charge >= 0.3 is 0 Å². The van der Waals surface area contributed by atoms with Crippen LogP contribution in [0.3, 0.4) is 0 Å². The number of hydrogen-bond donors (Lipinski definition) is 1. The Hall–Kier alpha value is -0.530. The van der Waals surface area contributed by atoms with Crippen LogP contribution < -0.4 is 5.32 Å². The van der Waals surface area contributed by atoms with Crippen molar-refractivity contribution in [3.05, 3.63) is 0 Å². The van der Waals surface area contributed by atoms with Gasteiger partial charge in [-0.05, 0) is 19.9 Å². The van der Waals surface area contributed by atoms with Crippen molar-refractivity contribution in [3.8, 4) is 12.3 Å². The average molecular weight is 201 g/mol. The molecule has 0 amide bonds. The van der Waals surface area contributed by atoms with E-state index >= 15 is 0 Å². The van der Waals surface area contributed by atoms with E-state index < -0.39 is 9.84 Å². The summed E-state index contributed by atoms with van der Waals surface area (Å²) < 4.78 is 23.2. The summed E-state index contributed by atoms with van der Waals surface area (Å²) in [7, 11) is -1.25. The highest BCUT2D eigenvalue weighted by atomic mass is 32.2. The van der Waals surface area contributed by atoms with E-state index in [1.54, 1.807) is 7.05 Å². The number of sulfone groups is 1. The van der Waals surface area contributed by atoms with Crippen LogP contribution in [0.25, 0.3) is 0 Å². The molecule has 0 spiro atoms. The first-order chi connectivity index (χ1) is 6.11. The molecule has 2 unspecified atom stereocenters. The monoisotopic (exact) mass is 201 g/mol. The highest BCUT2D eigenvalue weighted by Gasteiger charge is 2.33. The number of terminal acetylenes is 1. The van der Waals surface area contributed by atoms with E-state index in [1.807, 2.05) is 0 Å². The maximum atomic E-state index is 11.6. The van der Waals surface area contributed by atoms with E-state index in [0.29, 0.717) is 6.42 Å². The maximum absolute atomic E-state index is 11.6. The van der Waals surface area contributed by atoms with Gasteiger partial charge in [-0.25, -0.2) is 8.42 Å². The second-order valence-corrected chi connectivity index (χ2v) is 5.67. The minimum Gasteiger partial charge on any atom is -0.306 e. The molecule has 4 heteroatoms. The number of nitrogens with one attached hydrogen (secondary N) is 1. The highest BCUT2D eigenvalue weighted by molar-refractivity contribution is 7.92. The number of rotatable bonds is 2. The standard InChI is InChI=1S/C9H15NO2S/c1-3-8(10-2)9-6-4-5-7-13(9,11)12/h1,8-10H,4-7H2,2H3. The SMILES string of the molecule is C#CC(NC)C1CCCCS1(=O)=O. The molecule has 74 valence electrons. The summed E-state index contributed by atoms with van der Waals surface area (Å²) in [6.07, 6.45) is 7.69. The summed E-state index contributed by atoms with van der Waals surface area (Å²) in [6, 6.07) is -0.328. The van der Waals surface area contributed by atoms with E-state index in [0.717, 1.165) is 12.8 Å². The van der Waals surface area contributed by atoms with Gasteiger partial charge in [0.2, 0.25) is 0 Å². The Balaban J connectivity index is 2.83. The Bertz CT molecular complexity index is 302. The third-order valence-electron chi connectivity index (χ3n) is 2.49. The molecule has 0 bridgehead atoms. The first-order valence-electron chi connectivity index (χ1n) is 4.47. The molecule has 1 aliphatic heterocycles. The van der Waals surface area contributed by atoms with Gasteiger partial charge in [0.25, 0.3) is 0 Å². The summed E-state index contributed by atoms with van der Waals surface area (Å²) in [6.45, 7) is 0. The fraction of sp³-hybridized carbons (Fsp3) is 0.778. The molecule has 0 aliphatic carbocycles. The zero-order chi connectivity index (χ0) is 9.90. The molecule has 0 aromatic heterocycles. The average Bonchev–Trinajstić information content (AvgIpc) is 2.09. The molecule has 1 fully saturated rings. The van der Waals surface area contributed by atoms with E-state index in [9.17, 15) is 8.42 Å². The Labute approximate surface area is 79.8 Å². The van der Waals surface area contributed by atoms with Gasteiger partial charge in [0.15, 0.2) is 9.84 Å². The summed E-state index contributed by atoms with van der Waals surface area (Å²) in [4.78, 5) is 0. The minimum absolute atomic E-state index is 0.289. The maximum Gasteiger partial charge on any atom is 0.155 e. The topological polar surface area (TPSA) is 46.2 Å². The summed E-state index contributed by atoms with van der Waals surface area (Å²) >= 11 is 0. The quantitative estimate of drug-likeness (QED) is 0.648. The third kappa shape index (κ3) is 2.23. The second-order valence-electron chi connectivity index (χ2n) is 3.33. The van der Waals surface area contributed by atoms with Gasteiger partial charge in [0.1, 0.15) is 0 Å². The van der Waals surface area contributed by atoms with Crippen molar-refractivity contribution in [2.24, 2.45) is 0 Å². The van der Waals surface area contributed by atoms with Gasteiger partial charge in [-0.15, -0.1) is 6.42 Å². The van der Waals surface area contributed by atoms with Crippen LogP contribution in [0, 0.1) is 12.3 Å². The first-order valence-corrected chi connectivity index (χ1v) is 6.18. The van der Waals surface area contributed by atoms with Crippen molar-refractivity contribution in [1.29, 1.82) is 0 Å². The molecule has 2 atom stereocenters.